The Morgan fingerprint density at radius 3 is 2.59 bits per heavy atom. The lowest BCUT2D eigenvalue weighted by molar-refractivity contribution is -0.120. The minimum atomic E-state index is 0.0311. The van der Waals surface area contributed by atoms with Crippen molar-refractivity contribution in [1.82, 2.24) is 9.97 Å². The number of nitrogens with one attached hydrogen (secondary N) is 1. The van der Waals surface area contributed by atoms with Crippen LogP contribution in [0.25, 0.3) is 0 Å². The van der Waals surface area contributed by atoms with Gasteiger partial charge in [-0.25, -0.2) is 4.98 Å². The van der Waals surface area contributed by atoms with E-state index in [2.05, 4.69) is 20.2 Å². The number of carbonyl (C=O) groups is 1. The number of carbonyl (C=O) groups excluding carboxylic acids is 1. The van der Waals surface area contributed by atoms with Gasteiger partial charge in [0.1, 0.15) is 11.0 Å². The second kappa shape index (κ2) is 6.75. The number of benzene rings is 1. The molecular weight excluding hydrogens is 300 g/mol. The van der Waals surface area contributed by atoms with E-state index in [9.17, 15) is 4.79 Å². The van der Waals surface area contributed by atoms with E-state index >= 15 is 0 Å². The van der Waals surface area contributed by atoms with Crippen LogP contribution in [0.4, 0.5) is 11.5 Å². The molecule has 2 heterocycles. The molecule has 6 heteroatoms. The van der Waals surface area contributed by atoms with E-state index in [1.807, 2.05) is 30.3 Å². The van der Waals surface area contributed by atoms with Crippen LogP contribution in [0.1, 0.15) is 12.8 Å². The second-order valence-electron chi connectivity index (χ2n) is 5.32. The molecule has 1 aromatic carbocycles. The van der Waals surface area contributed by atoms with Crippen LogP contribution in [0.3, 0.4) is 0 Å². The van der Waals surface area contributed by atoms with Crippen molar-refractivity contribution in [1.29, 1.82) is 0 Å². The summed E-state index contributed by atoms with van der Waals surface area (Å²) in [6.45, 7) is 1.56. The Hall–Kier alpha value is -2.14. The SMILES string of the molecule is O=C(Nc1ccccc1)C1CCN(c2cncc(Cl)n2)CC1. The van der Waals surface area contributed by atoms with Gasteiger partial charge in [0.05, 0.1) is 12.4 Å². The second-order valence-corrected chi connectivity index (χ2v) is 5.70. The first kappa shape index (κ1) is 14.8. The summed E-state index contributed by atoms with van der Waals surface area (Å²) in [5, 5.41) is 3.36. The lowest BCUT2D eigenvalue weighted by Crippen LogP contribution is -2.38. The van der Waals surface area contributed by atoms with Crippen LogP contribution in [0.15, 0.2) is 42.7 Å². The molecule has 0 radical (unpaired) electrons. The minimum Gasteiger partial charge on any atom is -0.355 e. The first-order valence-electron chi connectivity index (χ1n) is 7.31. The molecule has 0 saturated carbocycles. The number of hydrogen-bond acceptors (Lipinski definition) is 4. The highest BCUT2D eigenvalue weighted by Gasteiger charge is 2.25. The van der Waals surface area contributed by atoms with E-state index < -0.39 is 0 Å². The lowest BCUT2D eigenvalue weighted by Gasteiger charge is -2.31. The minimum absolute atomic E-state index is 0.0311. The Labute approximate surface area is 134 Å². The topological polar surface area (TPSA) is 58.1 Å². The maximum atomic E-state index is 12.3. The maximum absolute atomic E-state index is 12.3. The summed E-state index contributed by atoms with van der Waals surface area (Å²) in [5.41, 5.74) is 0.843. The molecule has 1 fully saturated rings. The molecule has 1 aromatic heterocycles. The number of hydrogen-bond donors (Lipinski definition) is 1. The van der Waals surface area contributed by atoms with Gasteiger partial charge in [-0.3, -0.25) is 9.78 Å². The molecule has 0 spiro atoms. The monoisotopic (exact) mass is 316 g/mol. The number of para-hydroxylation sites is 1. The highest BCUT2D eigenvalue weighted by atomic mass is 35.5. The Morgan fingerprint density at radius 1 is 1.18 bits per heavy atom. The molecule has 1 aliphatic rings. The van der Waals surface area contributed by atoms with E-state index in [-0.39, 0.29) is 11.8 Å². The quantitative estimate of drug-likeness (QED) is 0.945. The fourth-order valence-electron chi connectivity index (χ4n) is 2.62. The largest absolute Gasteiger partial charge is 0.355 e. The summed E-state index contributed by atoms with van der Waals surface area (Å²) in [4.78, 5) is 22.7. The first-order valence-corrected chi connectivity index (χ1v) is 7.68. The van der Waals surface area contributed by atoms with Crippen molar-refractivity contribution in [3.8, 4) is 0 Å². The predicted molar refractivity (Wildman–Crippen MR) is 87.1 cm³/mol. The van der Waals surface area contributed by atoms with Gasteiger partial charge in [0.25, 0.3) is 0 Å². The number of piperidine rings is 1. The molecule has 0 bridgehead atoms. The van der Waals surface area contributed by atoms with Crippen molar-refractivity contribution in [2.45, 2.75) is 12.8 Å². The molecule has 0 unspecified atom stereocenters. The maximum Gasteiger partial charge on any atom is 0.227 e. The van der Waals surface area contributed by atoms with Crippen molar-refractivity contribution in [2.24, 2.45) is 5.92 Å². The lowest BCUT2D eigenvalue weighted by atomic mass is 9.96. The third-order valence-electron chi connectivity index (χ3n) is 3.82. The van der Waals surface area contributed by atoms with E-state index in [1.165, 1.54) is 6.20 Å². The first-order chi connectivity index (χ1) is 10.7. The van der Waals surface area contributed by atoms with Crippen LogP contribution in [0.5, 0.6) is 0 Å². The number of nitrogens with zero attached hydrogens (tertiary/aromatic N) is 3. The summed E-state index contributed by atoms with van der Waals surface area (Å²) >= 11 is 5.87. The van der Waals surface area contributed by atoms with E-state index in [0.717, 1.165) is 37.4 Å². The highest BCUT2D eigenvalue weighted by molar-refractivity contribution is 6.29. The Kier molecular flexibility index (Phi) is 4.53. The van der Waals surface area contributed by atoms with Gasteiger partial charge in [-0.05, 0) is 25.0 Å². The molecule has 22 heavy (non-hydrogen) atoms. The van der Waals surface area contributed by atoms with Crippen LogP contribution >= 0.6 is 11.6 Å². The molecule has 1 aliphatic heterocycles. The van der Waals surface area contributed by atoms with Crippen molar-refractivity contribution < 1.29 is 4.79 Å². The zero-order chi connectivity index (χ0) is 15.4. The molecular formula is C16H17ClN4O. The van der Waals surface area contributed by atoms with Crippen LogP contribution in [-0.4, -0.2) is 29.0 Å². The summed E-state index contributed by atoms with van der Waals surface area (Å²) in [6.07, 6.45) is 4.82. The van der Waals surface area contributed by atoms with Crippen LogP contribution < -0.4 is 10.2 Å². The third kappa shape index (κ3) is 3.54. The molecule has 1 N–H and O–H groups in total. The highest BCUT2D eigenvalue weighted by Crippen LogP contribution is 2.23. The van der Waals surface area contributed by atoms with Gasteiger partial charge in [-0.15, -0.1) is 0 Å². The number of aromatic nitrogens is 2. The van der Waals surface area contributed by atoms with Crippen molar-refractivity contribution in [3.05, 3.63) is 47.9 Å². The van der Waals surface area contributed by atoms with E-state index in [4.69, 9.17) is 11.6 Å². The van der Waals surface area contributed by atoms with Gasteiger partial charge in [0.15, 0.2) is 0 Å². The molecule has 114 valence electrons. The van der Waals surface area contributed by atoms with Gasteiger partial charge in [0.2, 0.25) is 5.91 Å². The van der Waals surface area contributed by atoms with Gasteiger partial charge in [-0.1, -0.05) is 29.8 Å². The number of halogens is 1. The summed E-state index contributed by atoms with van der Waals surface area (Å²) < 4.78 is 0. The van der Waals surface area contributed by atoms with Crippen molar-refractivity contribution in [2.75, 3.05) is 23.3 Å². The van der Waals surface area contributed by atoms with Crippen LogP contribution in [0, 0.1) is 5.92 Å². The molecule has 1 amide bonds. The van der Waals surface area contributed by atoms with Gasteiger partial charge < -0.3 is 10.2 Å². The molecule has 3 rings (SSSR count). The van der Waals surface area contributed by atoms with Gasteiger partial charge in [0, 0.05) is 24.7 Å². The molecule has 0 aliphatic carbocycles. The Bertz CT molecular complexity index is 642. The number of anilines is 2. The molecule has 0 atom stereocenters. The normalized spacial score (nSPS) is 15.6. The summed E-state index contributed by atoms with van der Waals surface area (Å²) in [6, 6.07) is 9.55. The zero-order valence-corrected chi connectivity index (χ0v) is 12.8. The van der Waals surface area contributed by atoms with E-state index in [0.29, 0.717) is 5.15 Å². The third-order valence-corrected chi connectivity index (χ3v) is 4.01. The standard InChI is InChI=1S/C16H17ClN4O/c17-14-10-18-11-15(20-14)21-8-6-12(7-9-21)16(22)19-13-4-2-1-3-5-13/h1-5,10-12H,6-9H2,(H,19,22). The number of rotatable bonds is 3. The predicted octanol–water partition coefficient (Wildman–Crippen LogP) is 2.99. The van der Waals surface area contributed by atoms with Crippen molar-refractivity contribution >= 4 is 29.0 Å². The Balaban J connectivity index is 1.56. The van der Waals surface area contributed by atoms with Crippen LogP contribution in [0.2, 0.25) is 5.15 Å². The average molecular weight is 317 g/mol. The summed E-state index contributed by atoms with van der Waals surface area (Å²) in [5.74, 6) is 0.890. The van der Waals surface area contributed by atoms with Gasteiger partial charge >= 0.3 is 0 Å². The van der Waals surface area contributed by atoms with Gasteiger partial charge in [-0.2, -0.15) is 0 Å². The molecule has 2 aromatic rings. The van der Waals surface area contributed by atoms with E-state index in [1.54, 1.807) is 6.20 Å². The average Bonchev–Trinajstić information content (AvgIpc) is 2.56. The smallest absolute Gasteiger partial charge is 0.227 e. The fraction of sp³-hybridized carbons (Fsp3) is 0.312. The summed E-state index contributed by atoms with van der Waals surface area (Å²) in [7, 11) is 0. The molecule has 5 nitrogen and oxygen atoms in total. The Morgan fingerprint density at radius 2 is 1.91 bits per heavy atom. The fourth-order valence-corrected chi connectivity index (χ4v) is 2.76. The molecule has 1 saturated heterocycles. The zero-order valence-electron chi connectivity index (χ0n) is 12.1. The van der Waals surface area contributed by atoms with Crippen LogP contribution in [-0.2, 0) is 4.79 Å². The number of amides is 1. The van der Waals surface area contributed by atoms with Crippen molar-refractivity contribution in [3.63, 3.8) is 0 Å².